The molecule has 68 heavy (non-hydrogen) atoms. The van der Waals surface area contributed by atoms with Crippen molar-refractivity contribution in [2.45, 2.75) is 216 Å². The van der Waals surface area contributed by atoms with Crippen LogP contribution in [0.2, 0.25) is 0 Å². The Kier molecular flexibility index (Phi) is 15.9. The first-order valence-electron chi connectivity index (χ1n) is 24.5. The van der Waals surface area contributed by atoms with Gasteiger partial charge in [-0.3, -0.25) is 4.79 Å². The lowest BCUT2D eigenvalue weighted by atomic mass is 9.38. The summed E-state index contributed by atoms with van der Waals surface area (Å²) in [7, 11) is 0. The molecule has 25 atom stereocenters. The highest BCUT2D eigenvalue weighted by atomic mass is 16.7. The number of rotatable bonds is 14. The van der Waals surface area contributed by atoms with Crippen LogP contribution in [0.4, 0.5) is 0 Å². The summed E-state index contributed by atoms with van der Waals surface area (Å²) in [5.74, 6) is -0.709. The van der Waals surface area contributed by atoms with Gasteiger partial charge >= 0.3 is 0 Å². The molecular formula is C48H80O20. The molecule has 0 aromatic rings. The zero-order valence-electron chi connectivity index (χ0n) is 40.5. The monoisotopic (exact) mass is 977 g/mol. The molecule has 0 aromatic heterocycles. The lowest BCUT2D eigenvalue weighted by Gasteiger charge is -2.66. The Balaban J connectivity index is 1.03. The molecule has 392 valence electrons. The van der Waals surface area contributed by atoms with Gasteiger partial charge in [-0.2, -0.15) is 0 Å². The molecule has 7 aliphatic rings. The van der Waals surface area contributed by atoms with Crippen LogP contribution in [-0.2, 0) is 33.2 Å². The van der Waals surface area contributed by atoms with Crippen LogP contribution in [0, 0.1) is 45.3 Å². The van der Waals surface area contributed by atoms with E-state index in [9.17, 15) is 71.2 Å². The second kappa shape index (κ2) is 19.8. The number of carbonyl (C=O) groups excluding carboxylic acids is 1. The molecule has 0 aromatic carbocycles. The number of hydrogen-bond donors (Lipinski definition) is 13. The topological polar surface area (TPSA) is 335 Å². The third-order valence-electron chi connectivity index (χ3n) is 18.4. The van der Waals surface area contributed by atoms with Gasteiger partial charge in [-0.25, -0.2) is 0 Å². The van der Waals surface area contributed by atoms with E-state index in [1.165, 1.54) is 0 Å². The van der Waals surface area contributed by atoms with Crippen LogP contribution >= 0.6 is 0 Å². The van der Waals surface area contributed by atoms with Crippen LogP contribution in [0.3, 0.4) is 0 Å². The molecule has 6 fully saturated rings. The van der Waals surface area contributed by atoms with Crippen LogP contribution < -0.4 is 0 Å². The lowest BCUT2D eigenvalue weighted by molar-refractivity contribution is -0.341. The van der Waals surface area contributed by atoms with E-state index in [4.69, 9.17) is 28.4 Å². The van der Waals surface area contributed by atoms with E-state index in [-0.39, 0.29) is 30.0 Å². The van der Waals surface area contributed by atoms with E-state index in [2.05, 4.69) is 20.8 Å². The maximum atomic E-state index is 14.8. The highest BCUT2D eigenvalue weighted by Crippen LogP contribution is 2.74. The minimum absolute atomic E-state index is 0.00476. The molecule has 0 radical (unpaired) electrons. The molecular weight excluding hydrogens is 897 g/mol. The van der Waals surface area contributed by atoms with E-state index in [0.29, 0.717) is 25.7 Å². The van der Waals surface area contributed by atoms with Gasteiger partial charge in [0.15, 0.2) is 24.7 Å². The lowest BCUT2D eigenvalue weighted by Crippen LogP contribution is -2.67. The molecule has 13 N–H and O–H groups in total. The number of fused-ring (bicyclic) bond motifs is 5. The average molecular weight is 977 g/mol. The fraction of sp³-hybridized carbons (Fsp3) is 0.938. The van der Waals surface area contributed by atoms with Crippen LogP contribution in [0.1, 0.15) is 100 Å². The van der Waals surface area contributed by atoms with Crippen LogP contribution in [0.25, 0.3) is 0 Å². The molecule has 4 aliphatic carbocycles. The quantitative estimate of drug-likeness (QED) is 0.0906. The average Bonchev–Trinajstić information content (AvgIpc) is 3.54. The number of allylic oxidation sites excluding steroid dienone is 1. The minimum atomic E-state index is -1.78. The summed E-state index contributed by atoms with van der Waals surface area (Å²) in [6.45, 7) is 13.7. The van der Waals surface area contributed by atoms with Crippen LogP contribution in [0.15, 0.2) is 11.6 Å². The van der Waals surface area contributed by atoms with Crippen LogP contribution in [0.5, 0.6) is 0 Å². The molecule has 3 heterocycles. The zero-order valence-corrected chi connectivity index (χ0v) is 40.5. The molecule has 20 nitrogen and oxygen atoms in total. The smallest absolute Gasteiger partial charge is 0.187 e. The minimum Gasteiger partial charge on any atom is -0.394 e. The molecule has 3 saturated heterocycles. The molecule has 20 heteroatoms. The summed E-state index contributed by atoms with van der Waals surface area (Å²) >= 11 is 0. The maximum absolute atomic E-state index is 14.8. The van der Waals surface area contributed by atoms with Crippen LogP contribution in [-0.4, -0.2) is 208 Å². The van der Waals surface area contributed by atoms with Crippen molar-refractivity contribution in [1.29, 1.82) is 0 Å². The van der Waals surface area contributed by atoms with E-state index >= 15 is 0 Å². The summed E-state index contributed by atoms with van der Waals surface area (Å²) < 4.78 is 35.1. The number of hydrogen-bond acceptors (Lipinski definition) is 20. The van der Waals surface area contributed by atoms with Gasteiger partial charge in [-0.05, 0) is 93.5 Å². The third-order valence-corrected chi connectivity index (χ3v) is 18.4. The Labute approximate surface area is 397 Å². The second-order valence-corrected chi connectivity index (χ2v) is 23.1. The number of ketones is 1. The van der Waals surface area contributed by atoms with E-state index < -0.39 is 163 Å². The summed E-state index contributed by atoms with van der Waals surface area (Å²) in [5.41, 5.74) is -3.24. The summed E-state index contributed by atoms with van der Waals surface area (Å²) in [6, 6.07) is 0. The Morgan fingerprint density at radius 2 is 1.22 bits per heavy atom. The van der Waals surface area contributed by atoms with Crippen molar-refractivity contribution in [3.05, 3.63) is 11.6 Å². The first-order chi connectivity index (χ1) is 31.6. The molecule has 4 unspecified atom stereocenters. The zero-order chi connectivity index (χ0) is 50.4. The number of ether oxygens (including phenoxy) is 6. The standard InChI is InChI=1S/C48H80O20/c1-20(9-11-30(45(4,5)62)68-43-39(61)36(58)33(55)27(66-43)19-63-41-37(59)34(56)31(53)25(17-49)64-41)21-13-14-46(6)40-24(51)15-23-22(48(40,8)28(52)16-47(21,46)7)10-12-29(44(23,2)3)67-42-38(60)35(57)32(54)26(18-50)65-42/h15,20-22,25-43,49-50,52-62H,9-14,16-19H2,1-8H3/t20-,21?,22?,25?,26-,27-,28-,29+,30-,31-,32-,33-,34+,35+,36+,37-,38-,39-,40?,41-,42+,43+,46+,47-,48-/m1/s1. The van der Waals surface area contributed by atoms with Gasteiger partial charge in [-0.1, -0.05) is 47.1 Å². The summed E-state index contributed by atoms with van der Waals surface area (Å²) in [6.07, 6.45) is -20.0. The van der Waals surface area contributed by atoms with Gasteiger partial charge in [0.1, 0.15) is 73.2 Å². The molecule has 0 amide bonds. The van der Waals surface area contributed by atoms with Gasteiger partial charge in [0.05, 0.1) is 43.7 Å². The first kappa shape index (κ1) is 54.4. The van der Waals surface area contributed by atoms with E-state index in [0.717, 1.165) is 18.4 Å². The van der Waals surface area contributed by atoms with Crippen molar-refractivity contribution in [3.63, 3.8) is 0 Å². The predicted molar refractivity (Wildman–Crippen MR) is 235 cm³/mol. The van der Waals surface area contributed by atoms with E-state index in [1.807, 2.05) is 20.8 Å². The summed E-state index contributed by atoms with van der Waals surface area (Å²) in [4.78, 5) is 14.8. The van der Waals surface area contributed by atoms with Crippen molar-refractivity contribution in [2.24, 2.45) is 45.3 Å². The molecule has 0 bridgehead atoms. The second-order valence-electron chi connectivity index (χ2n) is 23.1. The van der Waals surface area contributed by atoms with Gasteiger partial charge in [-0.15, -0.1) is 0 Å². The van der Waals surface area contributed by atoms with Crippen molar-refractivity contribution in [2.75, 3.05) is 19.8 Å². The Morgan fingerprint density at radius 1 is 0.691 bits per heavy atom. The van der Waals surface area contributed by atoms with Crippen molar-refractivity contribution < 1.29 is 99.6 Å². The maximum Gasteiger partial charge on any atom is 0.187 e. The van der Waals surface area contributed by atoms with Gasteiger partial charge in [0.2, 0.25) is 0 Å². The van der Waals surface area contributed by atoms with Crippen molar-refractivity contribution in [1.82, 2.24) is 0 Å². The largest absolute Gasteiger partial charge is 0.394 e. The molecule has 3 aliphatic heterocycles. The first-order valence-corrected chi connectivity index (χ1v) is 24.5. The predicted octanol–water partition coefficient (Wildman–Crippen LogP) is -1.88. The Morgan fingerprint density at radius 3 is 1.79 bits per heavy atom. The highest BCUT2D eigenvalue weighted by Gasteiger charge is 2.72. The SMILES string of the molecule is C[C@H](CC[C@@H](O[C@@H]1O[C@H](CO[C@@H]2OC(CO)[C@@H](O)[C@H](O)[C@H]2O)[C@@H](O)[C@H](O)[C@H]1O)C(C)(C)O)C1CC[C@@]2(C)C3C(=O)C=C4C(CC[C@H](O[C@@H]5O[C@H](CO)[C@@H](O)[C@H](O)[C@H]5O)C4(C)C)[C@]3(C)[C@H](O)C[C@]12C. The summed E-state index contributed by atoms with van der Waals surface area (Å²) in [5, 5.41) is 138. The Bertz CT molecular complexity index is 1790. The van der Waals surface area contributed by atoms with Gasteiger partial charge in [0.25, 0.3) is 0 Å². The number of aliphatic hydroxyl groups excluding tert-OH is 12. The molecule has 3 saturated carbocycles. The molecule has 7 rings (SSSR count). The number of aliphatic hydroxyl groups is 13. The van der Waals surface area contributed by atoms with Crippen molar-refractivity contribution >= 4 is 5.78 Å². The van der Waals surface area contributed by atoms with Gasteiger partial charge < -0.3 is 94.8 Å². The Hall–Kier alpha value is -1.35. The fourth-order valence-electron chi connectivity index (χ4n) is 14.0. The van der Waals surface area contributed by atoms with Gasteiger partial charge in [0, 0.05) is 16.7 Å². The number of carbonyl (C=O) groups is 1. The highest BCUT2D eigenvalue weighted by molar-refractivity contribution is 5.95. The molecule has 0 spiro atoms. The third kappa shape index (κ3) is 9.10. The fourth-order valence-corrected chi connectivity index (χ4v) is 14.0. The normalized spacial score (nSPS) is 50.4. The van der Waals surface area contributed by atoms with E-state index in [1.54, 1.807) is 19.9 Å². The van der Waals surface area contributed by atoms with Crippen molar-refractivity contribution in [3.8, 4) is 0 Å².